The maximum Gasteiger partial charge on any atom is 0.312 e. The summed E-state index contributed by atoms with van der Waals surface area (Å²) in [4.78, 5) is 12.5. The van der Waals surface area contributed by atoms with Gasteiger partial charge >= 0.3 is 5.97 Å². The van der Waals surface area contributed by atoms with Gasteiger partial charge in [0.1, 0.15) is 0 Å². The largest absolute Gasteiger partial charge is 0.469 e. The molecule has 0 aliphatic carbocycles. The smallest absolute Gasteiger partial charge is 0.312 e. The van der Waals surface area contributed by atoms with Crippen LogP contribution in [-0.2, 0) is 9.53 Å². The molecule has 6 heteroatoms. The van der Waals surface area contributed by atoms with Crippen molar-refractivity contribution in [3.8, 4) is 0 Å². The number of esters is 1. The lowest BCUT2D eigenvalue weighted by Crippen LogP contribution is -2.69. The molecule has 1 aliphatic rings. The fourth-order valence-corrected chi connectivity index (χ4v) is 4.04. The van der Waals surface area contributed by atoms with Crippen LogP contribution in [0.2, 0.25) is 0 Å². The lowest BCUT2D eigenvalue weighted by Gasteiger charge is -2.55. The molecule has 2 rings (SSSR count). The summed E-state index contributed by atoms with van der Waals surface area (Å²) in [6.45, 7) is 9.85. The van der Waals surface area contributed by atoms with Crippen molar-refractivity contribution in [2.45, 2.75) is 64.2 Å². The number of nitrogens with one attached hydrogen (secondary N) is 1. The van der Waals surface area contributed by atoms with Crippen LogP contribution in [0.25, 0.3) is 0 Å². The summed E-state index contributed by atoms with van der Waals surface area (Å²) in [5, 5.41) is 15.6. The van der Waals surface area contributed by atoms with E-state index in [1.807, 2.05) is 45.9 Å². The molecule has 2 N–H and O–H groups in total. The van der Waals surface area contributed by atoms with Gasteiger partial charge in [0.15, 0.2) is 0 Å². The SMILES string of the molecule is COC(=O)C1C(NC(C)c2ccccc2)CC(C)(C)N(O)C1(C)C.Cl. The van der Waals surface area contributed by atoms with E-state index < -0.39 is 17.0 Å². The Morgan fingerprint density at radius 2 is 1.84 bits per heavy atom. The van der Waals surface area contributed by atoms with E-state index in [9.17, 15) is 10.0 Å². The van der Waals surface area contributed by atoms with Gasteiger partial charge in [0.2, 0.25) is 0 Å². The average Bonchev–Trinajstić information content (AvgIpc) is 2.53. The quantitative estimate of drug-likeness (QED) is 0.793. The van der Waals surface area contributed by atoms with Crippen LogP contribution in [0.15, 0.2) is 30.3 Å². The highest BCUT2D eigenvalue weighted by molar-refractivity contribution is 5.85. The third-order valence-electron chi connectivity index (χ3n) is 5.22. The number of carbonyl (C=O) groups is 1. The summed E-state index contributed by atoms with van der Waals surface area (Å²) in [5.74, 6) is -0.765. The molecule has 1 fully saturated rings. The zero-order valence-electron chi connectivity index (χ0n) is 15.9. The molecule has 0 amide bonds. The van der Waals surface area contributed by atoms with Crippen LogP contribution < -0.4 is 5.32 Å². The summed E-state index contributed by atoms with van der Waals surface area (Å²) >= 11 is 0. The Morgan fingerprint density at radius 3 is 2.36 bits per heavy atom. The molecule has 0 saturated carbocycles. The molecule has 3 atom stereocenters. The molecule has 25 heavy (non-hydrogen) atoms. The summed E-state index contributed by atoms with van der Waals surface area (Å²) in [6.07, 6.45) is 0.643. The summed E-state index contributed by atoms with van der Waals surface area (Å²) < 4.78 is 5.04. The first-order chi connectivity index (χ1) is 11.1. The maximum absolute atomic E-state index is 12.5. The molecular formula is C19H31ClN2O3. The Labute approximate surface area is 157 Å². The highest BCUT2D eigenvalue weighted by Gasteiger charge is 2.55. The molecule has 142 valence electrons. The van der Waals surface area contributed by atoms with Crippen LogP contribution in [0.4, 0.5) is 0 Å². The number of methoxy groups -OCH3 is 1. The maximum atomic E-state index is 12.5. The minimum atomic E-state index is -0.733. The number of hydrogen-bond acceptors (Lipinski definition) is 5. The molecule has 0 aromatic heterocycles. The molecule has 0 spiro atoms. The first-order valence-corrected chi connectivity index (χ1v) is 8.49. The van der Waals surface area contributed by atoms with Gasteiger partial charge in [-0.25, -0.2) is 0 Å². The number of halogens is 1. The van der Waals surface area contributed by atoms with Gasteiger partial charge in [-0.15, -0.1) is 12.4 Å². The number of hydrogen-bond donors (Lipinski definition) is 2. The average molecular weight is 371 g/mol. The first kappa shape index (κ1) is 21.9. The third-order valence-corrected chi connectivity index (χ3v) is 5.22. The summed E-state index contributed by atoms with van der Waals surface area (Å²) in [7, 11) is 1.40. The van der Waals surface area contributed by atoms with Crippen LogP contribution in [0.5, 0.6) is 0 Å². The van der Waals surface area contributed by atoms with Gasteiger partial charge in [0.25, 0.3) is 0 Å². The zero-order valence-corrected chi connectivity index (χ0v) is 16.8. The minimum absolute atomic E-state index is 0. The topological polar surface area (TPSA) is 61.8 Å². The van der Waals surface area contributed by atoms with Crippen LogP contribution >= 0.6 is 12.4 Å². The van der Waals surface area contributed by atoms with E-state index in [2.05, 4.69) is 24.4 Å². The standard InChI is InChI=1S/C19H30N2O3.ClH/c1-13(14-10-8-7-9-11-14)20-15-12-18(2,3)21(23)19(4,5)16(15)17(22)24-6;/h7-11,13,15-16,20,23H,12H2,1-6H3;1H. The Balaban J connectivity index is 0.00000312. The van der Waals surface area contributed by atoms with E-state index in [1.165, 1.54) is 17.7 Å². The van der Waals surface area contributed by atoms with Gasteiger partial charge in [-0.2, -0.15) is 5.06 Å². The van der Waals surface area contributed by atoms with E-state index in [0.29, 0.717) is 6.42 Å². The molecule has 0 bridgehead atoms. The Hall–Kier alpha value is -1.14. The van der Waals surface area contributed by atoms with Gasteiger partial charge in [0.05, 0.1) is 18.6 Å². The number of piperidine rings is 1. The molecule has 1 heterocycles. The number of nitrogens with zero attached hydrogens (tertiary/aromatic N) is 1. The minimum Gasteiger partial charge on any atom is -0.469 e. The third kappa shape index (κ3) is 4.34. The van der Waals surface area contributed by atoms with E-state index in [0.717, 1.165) is 0 Å². The summed E-state index contributed by atoms with van der Waals surface area (Å²) in [6, 6.07) is 10.2. The van der Waals surface area contributed by atoms with Crippen LogP contribution in [0.1, 0.15) is 52.6 Å². The normalized spacial score (nSPS) is 26.4. The lowest BCUT2D eigenvalue weighted by molar-refractivity contribution is -0.265. The van der Waals surface area contributed by atoms with E-state index >= 15 is 0 Å². The number of hydroxylamine groups is 2. The molecule has 1 saturated heterocycles. The molecule has 1 aliphatic heterocycles. The van der Waals surface area contributed by atoms with Crippen LogP contribution in [0.3, 0.4) is 0 Å². The molecule has 0 radical (unpaired) electrons. The highest BCUT2D eigenvalue weighted by Crippen LogP contribution is 2.42. The van der Waals surface area contributed by atoms with E-state index in [4.69, 9.17) is 4.74 Å². The van der Waals surface area contributed by atoms with Crippen molar-refractivity contribution in [1.29, 1.82) is 0 Å². The number of benzene rings is 1. The number of rotatable bonds is 4. The molecule has 1 aromatic carbocycles. The fraction of sp³-hybridized carbons (Fsp3) is 0.632. The van der Waals surface area contributed by atoms with Crippen molar-refractivity contribution < 1.29 is 14.7 Å². The predicted molar refractivity (Wildman–Crippen MR) is 101 cm³/mol. The van der Waals surface area contributed by atoms with E-state index in [1.54, 1.807) is 0 Å². The van der Waals surface area contributed by atoms with Crippen LogP contribution in [0, 0.1) is 5.92 Å². The van der Waals surface area contributed by atoms with Crippen LogP contribution in [-0.4, -0.2) is 40.5 Å². The second kappa shape index (κ2) is 8.04. The van der Waals surface area contributed by atoms with Crippen molar-refractivity contribution in [3.05, 3.63) is 35.9 Å². The molecule has 5 nitrogen and oxygen atoms in total. The number of ether oxygens (including phenoxy) is 1. The second-order valence-corrected chi connectivity index (χ2v) is 7.89. The van der Waals surface area contributed by atoms with Gasteiger partial charge in [-0.1, -0.05) is 30.3 Å². The van der Waals surface area contributed by atoms with Crippen molar-refractivity contribution in [3.63, 3.8) is 0 Å². The van der Waals surface area contributed by atoms with Gasteiger partial charge in [0, 0.05) is 17.6 Å². The van der Waals surface area contributed by atoms with Crippen molar-refractivity contribution in [2.75, 3.05) is 7.11 Å². The van der Waals surface area contributed by atoms with Gasteiger partial charge in [-0.3, -0.25) is 4.79 Å². The number of carbonyl (C=O) groups excluding carboxylic acids is 1. The van der Waals surface area contributed by atoms with Crippen molar-refractivity contribution in [1.82, 2.24) is 10.4 Å². The first-order valence-electron chi connectivity index (χ1n) is 8.49. The van der Waals surface area contributed by atoms with Gasteiger partial charge < -0.3 is 15.3 Å². The van der Waals surface area contributed by atoms with Crippen molar-refractivity contribution >= 4 is 18.4 Å². The lowest BCUT2D eigenvalue weighted by atomic mass is 9.70. The van der Waals surface area contributed by atoms with Gasteiger partial charge in [-0.05, 0) is 46.6 Å². The zero-order chi connectivity index (χ0) is 18.1. The monoisotopic (exact) mass is 370 g/mol. The fourth-order valence-electron chi connectivity index (χ4n) is 4.04. The predicted octanol–water partition coefficient (Wildman–Crippen LogP) is 3.57. The molecule has 3 unspecified atom stereocenters. The Bertz CT molecular complexity index is 577. The Kier molecular flexibility index (Phi) is 7.04. The molecular weight excluding hydrogens is 340 g/mol. The second-order valence-electron chi connectivity index (χ2n) is 7.89. The van der Waals surface area contributed by atoms with Crippen molar-refractivity contribution in [2.24, 2.45) is 5.92 Å². The highest BCUT2D eigenvalue weighted by atomic mass is 35.5. The summed E-state index contributed by atoms with van der Waals surface area (Å²) in [5.41, 5.74) is -0.00599. The molecule has 1 aromatic rings. The Morgan fingerprint density at radius 1 is 1.28 bits per heavy atom. The van der Waals surface area contributed by atoms with E-state index in [-0.39, 0.29) is 30.5 Å².